The van der Waals surface area contributed by atoms with Crippen LogP contribution >= 0.6 is 0 Å². The van der Waals surface area contributed by atoms with Crippen LogP contribution in [0.5, 0.6) is 11.5 Å². The van der Waals surface area contributed by atoms with Crippen molar-refractivity contribution in [2.75, 3.05) is 20.4 Å². The molecule has 10 nitrogen and oxygen atoms in total. The lowest BCUT2D eigenvalue weighted by Gasteiger charge is -2.40. The first kappa shape index (κ1) is 19.9. The van der Waals surface area contributed by atoms with E-state index in [0.29, 0.717) is 17.1 Å². The number of ether oxygens (including phenoxy) is 2. The van der Waals surface area contributed by atoms with Gasteiger partial charge in [-0.15, -0.1) is 4.91 Å². The number of carboxylic acids is 1. The molecule has 0 spiro atoms. The van der Waals surface area contributed by atoms with Crippen LogP contribution in [0, 0.1) is 4.91 Å². The summed E-state index contributed by atoms with van der Waals surface area (Å²) in [7, 11) is 1.37. The number of fused-ring (bicyclic) bond motifs is 4. The second-order valence-corrected chi connectivity index (χ2v) is 7.83. The maximum Gasteiger partial charge on any atom is 0.326 e. The van der Waals surface area contributed by atoms with Crippen molar-refractivity contribution in [1.29, 1.82) is 0 Å². The van der Waals surface area contributed by atoms with Crippen LogP contribution in [0.4, 0.5) is 0 Å². The van der Waals surface area contributed by atoms with Crippen molar-refractivity contribution in [1.82, 2.24) is 14.9 Å². The van der Waals surface area contributed by atoms with Crippen LogP contribution in [0.15, 0.2) is 47.8 Å². The average molecular weight is 436 g/mol. The van der Waals surface area contributed by atoms with Gasteiger partial charge in [0.1, 0.15) is 12.6 Å². The number of nitrogens with one attached hydrogen (secondary N) is 1. The fourth-order valence-corrected chi connectivity index (χ4v) is 4.53. The molecular weight excluding hydrogens is 416 g/mol. The highest BCUT2D eigenvalue weighted by Crippen LogP contribution is 2.43. The number of amides is 1. The van der Waals surface area contributed by atoms with Gasteiger partial charge in [0.15, 0.2) is 11.5 Å². The fraction of sp³-hybridized carbons (Fsp3) is 0.273. The molecular formula is C22H20N4O6. The molecule has 1 amide bonds. The number of rotatable bonds is 5. The third-order valence-electron chi connectivity index (χ3n) is 5.92. The molecule has 0 unspecified atom stereocenters. The van der Waals surface area contributed by atoms with E-state index in [4.69, 9.17) is 9.47 Å². The van der Waals surface area contributed by atoms with Crippen molar-refractivity contribution < 1.29 is 24.2 Å². The lowest BCUT2D eigenvalue weighted by atomic mass is 9.87. The number of hydrogen-bond acceptors (Lipinski definition) is 6. The molecule has 2 aromatic carbocycles. The van der Waals surface area contributed by atoms with E-state index in [9.17, 15) is 19.6 Å². The van der Waals surface area contributed by atoms with E-state index in [1.807, 2.05) is 24.3 Å². The van der Waals surface area contributed by atoms with Crippen molar-refractivity contribution in [2.24, 2.45) is 5.29 Å². The molecule has 2 atom stereocenters. The Kier molecular flexibility index (Phi) is 4.69. The molecule has 10 heteroatoms. The fourth-order valence-electron chi connectivity index (χ4n) is 4.53. The van der Waals surface area contributed by atoms with Crippen molar-refractivity contribution in [3.63, 3.8) is 0 Å². The quantitative estimate of drug-likeness (QED) is 0.465. The molecule has 5 rings (SSSR count). The molecule has 32 heavy (non-hydrogen) atoms. The van der Waals surface area contributed by atoms with Gasteiger partial charge in [-0.1, -0.05) is 24.3 Å². The van der Waals surface area contributed by atoms with Gasteiger partial charge < -0.3 is 24.5 Å². The molecule has 0 bridgehead atoms. The number of aromatic nitrogens is 1. The zero-order valence-corrected chi connectivity index (χ0v) is 17.1. The Morgan fingerprint density at radius 1 is 1.22 bits per heavy atom. The number of aliphatic carboxylic acids is 1. The number of likely N-dealkylation sites (N-methyl/N-ethyl adjacent to an activating group) is 1. The second kappa shape index (κ2) is 7.56. The molecule has 0 fully saturated rings. The number of para-hydroxylation sites is 1. The summed E-state index contributed by atoms with van der Waals surface area (Å²) in [6, 6.07) is 11.1. The number of carbonyl (C=O) groups excluding carboxylic acids is 1. The van der Waals surface area contributed by atoms with Crippen molar-refractivity contribution in [3.8, 4) is 11.5 Å². The number of carboxylic acid groups (broad SMARTS) is 1. The van der Waals surface area contributed by atoms with Gasteiger partial charge in [-0.2, -0.15) is 0 Å². The van der Waals surface area contributed by atoms with Gasteiger partial charge in [-0.25, -0.2) is 4.79 Å². The third kappa shape index (κ3) is 3.11. The second-order valence-electron chi connectivity index (χ2n) is 7.83. The topological polar surface area (TPSA) is 125 Å². The Morgan fingerprint density at radius 3 is 2.78 bits per heavy atom. The highest BCUT2D eigenvalue weighted by molar-refractivity contribution is 5.91. The number of carbonyl (C=O) groups is 2. The zero-order chi connectivity index (χ0) is 22.4. The summed E-state index contributed by atoms with van der Waals surface area (Å²) in [6.07, 6.45) is 0.139. The number of benzene rings is 2. The summed E-state index contributed by atoms with van der Waals surface area (Å²) in [5.74, 6) is -0.538. The molecule has 0 aliphatic carbocycles. The number of nitroso groups, excluding NO2 is 1. The first-order valence-electron chi connectivity index (χ1n) is 10.1. The molecule has 2 aliphatic rings. The van der Waals surface area contributed by atoms with Crippen molar-refractivity contribution in [2.45, 2.75) is 18.5 Å². The normalized spacial score (nSPS) is 19.0. The molecule has 164 valence electrons. The molecule has 0 saturated carbocycles. The summed E-state index contributed by atoms with van der Waals surface area (Å²) >= 11 is 0. The molecule has 3 aromatic rings. The SMILES string of the molecule is CN(CC(=O)N1[C@H](c2ccc3c(c2)OCO3)c2[nH]c3ccccc3c2C[C@@H]1C(=O)O)N=O. The van der Waals surface area contributed by atoms with Crippen molar-refractivity contribution >= 4 is 22.8 Å². The predicted octanol–water partition coefficient (Wildman–Crippen LogP) is 2.44. The van der Waals surface area contributed by atoms with E-state index in [2.05, 4.69) is 10.3 Å². The van der Waals surface area contributed by atoms with Crippen molar-refractivity contribution in [3.05, 3.63) is 64.2 Å². The standard InChI is InChI=1S/C22H20N4O6/c1-25(24-30)10-19(27)26-16(22(28)29)9-14-13-4-2-3-5-15(13)23-20(14)21(26)12-6-7-17-18(8-12)32-11-31-17/h2-8,16,21,23H,9-11H2,1H3,(H,28,29)/t16-,21-/m1/s1. The predicted molar refractivity (Wildman–Crippen MR) is 113 cm³/mol. The van der Waals surface area contributed by atoms with Gasteiger partial charge in [0.25, 0.3) is 0 Å². The van der Waals surface area contributed by atoms with E-state index in [1.54, 1.807) is 18.2 Å². The maximum atomic E-state index is 13.3. The highest BCUT2D eigenvalue weighted by atomic mass is 16.7. The lowest BCUT2D eigenvalue weighted by Crippen LogP contribution is -2.53. The van der Waals surface area contributed by atoms with Gasteiger partial charge in [-0.3, -0.25) is 9.80 Å². The minimum atomic E-state index is -1.12. The van der Waals surface area contributed by atoms with Crippen LogP contribution in [-0.2, 0) is 16.0 Å². The van der Waals surface area contributed by atoms with Gasteiger partial charge in [0.2, 0.25) is 12.7 Å². The molecule has 1 aromatic heterocycles. The summed E-state index contributed by atoms with van der Waals surface area (Å²) in [5, 5.41) is 14.7. The Bertz CT molecular complexity index is 1240. The average Bonchev–Trinajstić information content (AvgIpc) is 3.41. The smallest absolute Gasteiger partial charge is 0.326 e. The minimum absolute atomic E-state index is 0.0945. The Morgan fingerprint density at radius 2 is 2.00 bits per heavy atom. The van der Waals surface area contributed by atoms with Crippen LogP contribution in [0.3, 0.4) is 0 Å². The van der Waals surface area contributed by atoms with Crippen LogP contribution in [0.25, 0.3) is 10.9 Å². The first-order valence-corrected chi connectivity index (χ1v) is 10.1. The summed E-state index contributed by atoms with van der Waals surface area (Å²) in [4.78, 5) is 41.2. The minimum Gasteiger partial charge on any atom is -0.480 e. The summed E-state index contributed by atoms with van der Waals surface area (Å²) in [6.45, 7) is -0.249. The molecule has 2 aliphatic heterocycles. The molecule has 3 heterocycles. The lowest BCUT2D eigenvalue weighted by molar-refractivity contribution is -0.153. The summed E-state index contributed by atoms with van der Waals surface area (Å²) < 4.78 is 10.9. The Hall–Kier alpha value is -4.08. The third-order valence-corrected chi connectivity index (χ3v) is 5.92. The van der Waals surface area contributed by atoms with E-state index in [-0.39, 0.29) is 19.8 Å². The van der Waals surface area contributed by atoms with Crippen LogP contribution < -0.4 is 9.47 Å². The number of hydrogen-bond donors (Lipinski definition) is 2. The Labute approximate surface area is 182 Å². The molecule has 0 saturated heterocycles. The van der Waals surface area contributed by atoms with E-state index < -0.39 is 24.0 Å². The highest BCUT2D eigenvalue weighted by Gasteiger charge is 2.44. The monoisotopic (exact) mass is 436 g/mol. The van der Waals surface area contributed by atoms with Crippen LogP contribution in [0.2, 0.25) is 0 Å². The number of aromatic amines is 1. The van der Waals surface area contributed by atoms with E-state index in [1.165, 1.54) is 11.9 Å². The number of H-pyrrole nitrogens is 1. The van der Waals surface area contributed by atoms with Gasteiger partial charge >= 0.3 is 5.97 Å². The van der Waals surface area contributed by atoms with Gasteiger partial charge in [0, 0.05) is 30.1 Å². The number of nitrogens with zero attached hydrogens (tertiary/aromatic N) is 3. The van der Waals surface area contributed by atoms with Gasteiger partial charge in [-0.05, 0) is 29.3 Å². The van der Waals surface area contributed by atoms with E-state index >= 15 is 0 Å². The molecule has 2 N–H and O–H groups in total. The molecule has 0 radical (unpaired) electrons. The van der Waals surface area contributed by atoms with E-state index in [0.717, 1.165) is 27.2 Å². The van der Waals surface area contributed by atoms with Crippen LogP contribution in [-0.4, -0.2) is 58.3 Å². The van der Waals surface area contributed by atoms with Crippen LogP contribution in [0.1, 0.15) is 22.9 Å². The van der Waals surface area contributed by atoms with Gasteiger partial charge in [0.05, 0.1) is 11.3 Å². The largest absolute Gasteiger partial charge is 0.480 e. The zero-order valence-electron chi connectivity index (χ0n) is 17.1. The Balaban J connectivity index is 1.71. The maximum absolute atomic E-state index is 13.3. The first-order chi connectivity index (χ1) is 15.5. The summed E-state index contributed by atoms with van der Waals surface area (Å²) in [5.41, 5.74) is 3.11.